The Balaban J connectivity index is 1.91. The van der Waals surface area contributed by atoms with Crippen molar-refractivity contribution in [3.63, 3.8) is 0 Å². The molecule has 1 fully saturated rings. The molecule has 1 amide bonds. The zero-order valence-electron chi connectivity index (χ0n) is 14.4. The number of hydrogen-bond donors (Lipinski definition) is 0. The third kappa shape index (κ3) is 2.89. The van der Waals surface area contributed by atoms with E-state index in [0.29, 0.717) is 31.9 Å². The molecule has 0 spiro atoms. The van der Waals surface area contributed by atoms with Crippen LogP contribution in [0.3, 0.4) is 0 Å². The molecule has 3 aromatic rings. The Hall–Kier alpha value is -2.73. The molecule has 0 unspecified atom stereocenters. The number of nitrogens with zero attached hydrogens (tertiary/aromatic N) is 4. The molecule has 4 rings (SSSR count). The number of rotatable bonds is 2. The van der Waals surface area contributed by atoms with Crippen LogP contribution >= 0.6 is 0 Å². The predicted molar refractivity (Wildman–Crippen MR) is 95.4 cm³/mol. The molecule has 6 heteroatoms. The molecule has 1 saturated heterocycles. The van der Waals surface area contributed by atoms with Gasteiger partial charge in [0.05, 0.1) is 24.9 Å². The van der Waals surface area contributed by atoms with Crippen LogP contribution in [-0.2, 0) is 11.8 Å². The summed E-state index contributed by atoms with van der Waals surface area (Å²) in [4.78, 5) is 19.6. The second-order valence-electron chi connectivity index (χ2n) is 6.31. The number of fused-ring (bicyclic) bond motifs is 1. The topological polar surface area (TPSA) is 60.2 Å². The van der Waals surface area contributed by atoms with E-state index in [4.69, 9.17) is 4.74 Å². The van der Waals surface area contributed by atoms with Gasteiger partial charge in [-0.15, -0.1) is 0 Å². The molecule has 0 atom stereocenters. The van der Waals surface area contributed by atoms with Gasteiger partial charge in [-0.25, -0.2) is 0 Å². The van der Waals surface area contributed by atoms with Gasteiger partial charge in [0.1, 0.15) is 0 Å². The van der Waals surface area contributed by atoms with E-state index in [1.807, 2.05) is 49.3 Å². The smallest absolute Gasteiger partial charge is 0.254 e. The summed E-state index contributed by atoms with van der Waals surface area (Å²) < 4.78 is 7.12. The predicted octanol–water partition coefficient (Wildman–Crippen LogP) is 2.42. The Labute approximate surface area is 146 Å². The molecule has 1 aliphatic heterocycles. The van der Waals surface area contributed by atoms with E-state index in [9.17, 15) is 4.79 Å². The van der Waals surface area contributed by atoms with Gasteiger partial charge in [-0.05, 0) is 25.1 Å². The summed E-state index contributed by atoms with van der Waals surface area (Å²) in [6, 6.07) is 7.83. The lowest BCUT2D eigenvalue weighted by molar-refractivity contribution is 0.0303. The number of aromatic nitrogens is 3. The van der Waals surface area contributed by atoms with E-state index in [-0.39, 0.29) is 5.91 Å². The van der Waals surface area contributed by atoms with Gasteiger partial charge in [0.15, 0.2) is 0 Å². The van der Waals surface area contributed by atoms with Crippen LogP contribution in [0.4, 0.5) is 0 Å². The van der Waals surface area contributed by atoms with Gasteiger partial charge >= 0.3 is 0 Å². The Kier molecular flexibility index (Phi) is 3.97. The molecule has 0 bridgehead atoms. The average Bonchev–Trinajstić information content (AvgIpc) is 3.06. The SMILES string of the molecule is Cc1ccc2c(-c3cnn(C)c3)c(C(=O)N3CCOCC3)ccc2n1. The Morgan fingerprint density at radius 3 is 2.68 bits per heavy atom. The zero-order chi connectivity index (χ0) is 17.4. The summed E-state index contributed by atoms with van der Waals surface area (Å²) in [5, 5.41) is 5.25. The highest BCUT2D eigenvalue weighted by atomic mass is 16.5. The van der Waals surface area contributed by atoms with Crippen molar-refractivity contribution in [1.82, 2.24) is 19.7 Å². The Morgan fingerprint density at radius 1 is 1.16 bits per heavy atom. The minimum Gasteiger partial charge on any atom is -0.378 e. The van der Waals surface area contributed by atoms with E-state index in [0.717, 1.165) is 27.7 Å². The number of carbonyl (C=O) groups is 1. The molecule has 128 valence electrons. The van der Waals surface area contributed by atoms with Crippen LogP contribution in [0, 0.1) is 6.92 Å². The van der Waals surface area contributed by atoms with E-state index < -0.39 is 0 Å². The molecular weight excluding hydrogens is 316 g/mol. The van der Waals surface area contributed by atoms with Crippen molar-refractivity contribution in [3.05, 3.63) is 47.9 Å². The maximum Gasteiger partial charge on any atom is 0.254 e. The van der Waals surface area contributed by atoms with Gasteiger partial charge in [-0.3, -0.25) is 14.5 Å². The Morgan fingerprint density at radius 2 is 1.96 bits per heavy atom. The monoisotopic (exact) mass is 336 g/mol. The number of carbonyl (C=O) groups excluding carboxylic acids is 1. The molecular formula is C19H20N4O2. The van der Waals surface area contributed by atoms with E-state index in [1.54, 1.807) is 10.9 Å². The molecule has 2 aromatic heterocycles. The number of aryl methyl sites for hydroxylation is 2. The first-order valence-electron chi connectivity index (χ1n) is 8.40. The van der Waals surface area contributed by atoms with E-state index >= 15 is 0 Å². The number of ether oxygens (including phenoxy) is 1. The fourth-order valence-corrected chi connectivity index (χ4v) is 3.28. The second-order valence-corrected chi connectivity index (χ2v) is 6.31. The second kappa shape index (κ2) is 6.29. The summed E-state index contributed by atoms with van der Waals surface area (Å²) in [6.45, 7) is 4.38. The highest BCUT2D eigenvalue weighted by Crippen LogP contribution is 2.32. The van der Waals surface area contributed by atoms with Crippen molar-refractivity contribution in [3.8, 4) is 11.1 Å². The third-order valence-electron chi connectivity index (χ3n) is 4.53. The normalized spacial score (nSPS) is 14.9. The first kappa shape index (κ1) is 15.8. The molecule has 0 aliphatic carbocycles. The first-order chi connectivity index (χ1) is 12.1. The van der Waals surface area contributed by atoms with Gasteiger partial charge in [0.2, 0.25) is 0 Å². The van der Waals surface area contributed by atoms with Gasteiger partial charge in [-0.2, -0.15) is 5.10 Å². The Bertz CT molecular complexity index is 942. The van der Waals surface area contributed by atoms with Crippen LogP contribution in [0.1, 0.15) is 16.1 Å². The molecule has 1 aliphatic rings. The van der Waals surface area contributed by atoms with Crippen molar-refractivity contribution in [2.75, 3.05) is 26.3 Å². The fraction of sp³-hybridized carbons (Fsp3) is 0.316. The highest BCUT2D eigenvalue weighted by Gasteiger charge is 2.23. The average molecular weight is 336 g/mol. The lowest BCUT2D eigenvalue weighted by Gasteiger charge is -2.27. The standard InChI is InChI=1S/C19H20N4O2/c1-13-3-4-15-17(21-13)6-5-16(18(15)14-11-20-22(2)12-14)19(24)23-7-9-25-10-8-23/h3-6,11-12H,7-10H2,1-2H3. The molecule has 0 saturated carbocycles. The van der Waals surface area contributed by atoms with E-state index in [1.165, 1.54) is 0 Å². The van der Waals surface area contributed by atoms with Gasteiger partial charge in [0, 0.05) is 54.1 Å². The van der Waals surface area contributed by atoms with Crippen LogP contribution in [0.15, 0.2) is 36.7 Å². The van der Waals surface area contributed by atoms with Crippen molar-refractivity contribution in [2.24, 2.45) is 7.05 Å². The van der Waals surface area contributed by atoms with Crippen LogP contribution in [0.2, 0.25) is 0 Å². The quantitative estimate of drug-likeness (QED) is 0.721. The first-order valence-corrected chi connectivity index (χ1v) is 8.40. The minimum absolute atomic E-state index is 0.0321. The number of benzene rings is 1. The summed E-state index contributed by atoms with van der Waals surface area (Å²) in [5.74, 6) is 0.0321. The molecule has 25 heavy (non-hydrogen) atoms. The lowest BCUT2D eigenvalue weighted by atomic mass is 9.96. The van der Waals surface area contributed by atoms with Crippen molar-refractivity contribution < 1.29 is 9.53 Å². The van der Waals surface area contributed by atoms with Crippen molar-refractivity contribution in [1.29, 1.82) is 0 Å². The molecule has 3 heterocycles. The summed E-state index contributed by atoms with van der Waals surface area (Å²) >= 11 is 0. The van der Waals surface area contributed by atoms with Gasteiger partial charge in [-0.1, -0.05) is 6.07 Å². The van der Waals surface area contributed by atoms with Crippen LogP contribution in [0.25, 0.3) is 22.0 Å². The van der Waals surface area contributed by atoms with Crippen LogP contribution in [0.5, 0.6) is 0 Å². The van der Waals surface area contributed by atoms with Crippen LogP contribution < -0.4 is 0 Å². The lowest BCUT2D eigenvalue weighted by Crippen LogP contribution is -2.40. The maximum atomic E-state index is 13.1. The zero-order valence-corrected chi connectivity index (χ0v) is 14.4. The number of pyridine rings is 1. The number of hydrogen-bond acceptors (Lipinski definition) is 4. The summed E-state index contributed by atoms with van der Waals surface area (Å²) in [6.07, 6.45) is 3.73. The number of morpholine rings is 1. The highest BCUT2D eigenvalue weighted by molar-refractivity contribution is 6.09. The third-order valence-corrected chi connectivity index (χ3v) is 4.53. The maximum absolute atomic E-state index is 13.1. The van der Waals surface area contributed by atoms with Crippen LogP contribution in [-0.4, -0.2) is 51.9 Å². The van der Waals surface area contributed by atoms with Gasteiger partial charge in [0.25, 0.3) is 5.91 Å². The largest absolute Gasteiger partial charge is 0.378 e. The minimum atomic E-state index is 0.0321. The van der Waals surface area contributed by atoms with E-state index in [2.05, 4.69) is 10.1 Å². The number of amides is 1. The van der Waals surface area contributed by atoms with Crippen molar-refractivity contribution >= 4 is 16.8 Å². The molecule has 0 N–H and O–H groups in total. The summed E-state index contributed by atoms with van der Waals surface area (Å²) in [7, 11) is 1.88. The van der Waals surface area contributed by atoms with Gasteiger partial charge < -0.3 is 9.64 Å². The van der Waals surface area contributed by atoms with Crippen molar-refractivity contribution in [2.45, 2.75) is 6.92 Å². The summed E-state index contributed by atoms with van der Waals surface area (Å²) in [5.41, 5.74) is 4.35. The molecule has 6 nitrogen and oxygen atoms in total. The molecule has 1 aromatic carbocycles. The fourth-order valence-electron chi connectivity index (χ4n) is 3.28. The molecule has 0 radical (unpaired) electrons.